The first kappa shape index (κ1) is 15.5. The van der Waals surface area contributed by atoms with Crippen LogP contribution < -0.4 is 0 Å². The zero-order chi connectivity index (χ0) is 15.5. The molecule has 0 aliphatic heterocycles. The van der Waals surface area contributed by atoms with Gasteiger partial charge < -0.3 is 4.74 Å². The number of benzene rings is 1. The third kappa shape index (κ3) is 3.60. The van der Waals surface area contributed by atoms with E-state index in [4.69, 9.17) is 4.74 Å². The molecule has 1 aliphatic rings. The van der Waals surface area contributed by atoms with Crippen LogP contribution >= 0.6 is 0 Å². The molecule has 0 saturated heterocycles. The third-order valence-electron chi connectivity index (χ3n) is 3.83. The van der Waals surface area contributed by atoms with Gasteiger partial charge in [0.05, 0.1) is 5.92 Å². The van der Waals surface area contributed by atoms with Gasteiger partial charge in [0.1, 0.15) is 5.76 Å². The van der Waals surface area contributed by atoms with Gasteiger partial charge in [-0.1, -0.05) is 51.1 Å². The Bertz CT molecular complexity index is 555. The SMILES string of the molecule is CCCC(=O)OC1=CC(=O)C(c2ccccc2)C(C)(C)C1. The minimum Gasteiger partial charge on any atom is -0.431 e. The second-order valence-corrected chi connectivity index (χ2v) is 6.25. The highest BCUT2D eigenvalue weighted by Crippen LogP contribution is 2.44. The van der Waals surface area contributed by atoms with Crippen LogP contribution in [0.3, 0.4) is 0 Å². The van der Waals surface area contributed by atoms with Crippen molar-refractivity contribution in [2.24, 2.45) is 5.41 Å². The summed E-state index contributed by atoms with van der Waals surface area (Å²) in [4.78, 5) is 24.1. The first-order valence-corrected chi connectivity index (χ1v) is 7.44. The second kappa shape index (κ2) is 6.25. The van der Waals surface area contributed by atoms with Crippen LogP contribution in [0.2, 0.25) is 0 Å². The molecular formula is C18H22O3. The first-order valence-electron chi connectivity index (χ1n) is 7.44. The molecule has 2 rings (SSSR count). The number of allylic oxidation sites excluding steroid dienone is 2. The van der Waals surface area contributed by atoms with E-state index < -0.39 is 0 Å². The average Bonchev–Trinajstić information content (AvgIpc) is 2.38. The van der Waals surface area contributed by atoms with E-state index in [0.717, 1.165) is 12.0 Å². The predicted octanol–water partition coefficient (Wildman–Crippen LogP) is 4.00. The largest absolute Gasteiger partial charge is 0.431 e. The number of hydrogen-bond donors (Lipinski definition) is 0. The van der Waals surface area contributed by atoms with E-state index in [1.165, 1.54) is 6.08 Å². The molecule has 1 aromatic carbocycles. The molecule has 0 heterocycles. The summed E-state index contributed by atoms with van der Waals surface area (Å²) < 4.78 is 5.32. The van der Waals surface area contributed by atoms with E-state index in [0.29, 0.717) is 18.6 Å². The maximum absolute atomic E-state index is 12.5. The van der Waals surface area contributed by atoms with Crippen LogP contribution in [0.15, 0.2) is 42.2 Å². The van der Waals surface area contributed by atoms with Crippen molar-refractivity contribution in [1.29, 1.82) is 0 Å². The number of ether oxygens (including phenoxy) is 1. The maximum atomic E-state index is 12.5. The van der Waals surface area contributed by atoms with Crippen molar-refractivity contribution in [1.82, 2.24) is 0 Å². The fourth-order valence-electron chi connectivity index (χ4n) is 2.96. The molecule has 3 heteroatoms. The van der Waals surface area contributed by atoms with Crippen LogP contribution in [-0.4, -0.2) is 11.8 Å². The van der Waals surface area contributed by atoms with E-state index in [1.807, 2.05) is 51.1 Å². The minimum absolute atomic E-state index is 0.0109. The summed E-state index contributed by atoms with van der Waals surface area (Å²) in [6, 6.07) is 9.79. The zero-order valence-corrected chi connectivity index (χ0v) is 12.9. The van der Waals surface area contributed by atoms with Gasteiger partial charge in [0, 0.05) is 18.9 Å². The van der Waals surface area contributed by atoms with Gasteiger partial charge in [-0.05, 0) is 17.4 Å². The van der Waals surface area contributed by atoms with Crippen LogP contribution in [0.5, 0.6) is 0 Å². The summed E-state index contributed by atoms with van der Waals surface area (Å²) in [6.45, 7) is 6.02. The zero-order valence-electron chi connectivity index (χ0n) is 12.9. The lowest BCUT2D eigenvalue weighted by molar-refractivity contribution is -0.140. The first-order chi connectivity index (χ1) is 9.94. The molecule has 1 aliphatic carbocycles. The molecule has 3 nitrogen and oxygen atoms in total. The smallest absolute Gasteiger partial charge is 0.310 e. The fraction of sp³-hybridized carbons (Fsp3) is 0.444. The van der Waals surface area contributed by atoms with Gasteiger partial charge in [-0.2, -0.15) is 0 Å². The summed E-state index contributed by atoms with van der Waals surface area (Å²) in [6.07, 6.45) is 3.22. The number of carbonyl (C=O) groups excluding carboxylic acids is 2. The molecule has 0 bridgehead atoms. The molecule has 0 amide bonds. The van der Waals surface area contributed by atoms with Crippen molar-refractivity contribution in [3.63, 3.8) is 0 Å². The number of rotatable bonds is 4. The maximum Gasteiger partial charge on any atom is 0.310 e. The standard InChI is InChI=1S/C18H22O3/c1-4-8-16(20)21-14-11-15(19)17(18(2,3)12-14)13-9-6-5-7-10-13/h5-7,9-11,17H,4,8,12H2,1-3H3. The Kier molecular flexibility index (Phi) is 4.61. The van der Waals surface area contributed by atoms with Gasteiger partial charge in [0.2, 0.25) is 0 Å². The van der Waals surface area contributed by atoms with E-state index >= 15 is 0 Å². The lowest BCUT2D eigenvalue weighted by Gasteiger charge is -2.36. The Hall–Kier alpha value is -1.90. The quantitative estimate of drug-likeness (QED) is 0.786. The number of carbonyl (C=O) groups is 2. The lowest BCUT2D eigenvalue weighted by Crippen LogP contribution is -2.33. The molecule has 0 saturated carbocycles. The molecule has 1 atom stereocenters. The van der Waals surface area contributed by atoms with Crippen molar-refractivity contribution < 1.29 is 14.3 Å². The number of ketones is 1. The molecule has 0 spiro atoms. The lowest BCUT2D eigenvalue weighted by atomic mass is 9.67. The van der Waals surface area contributed by atoms with Gasteiger partial charge in [0.15, 0.2) is 5.78 Å². The van der Waals surface area contributed by atoms with Gasteiger partial charge in [-0.15, -0.1) is 0 Å². The summed E-state index contributed by atoms with van der Waals surface area (Å²) in [5.41, 5.74) is 0.748. The Morgan fingerprint density at radius 3 is 2.52 bits per heavy atom. The third-order valence-corrected chi connectivity index (χ3v) is 3.83. The van der Waals surface area contributed by atoms with Gasteiger partial charge in [-0.3, -0.25) is 9.59 Å². The molecule has 0 aromatic heterocycles. The fourth-order valence-corrected chi connectivity index (χ4v) is 2.96. The molecule has 1 unspecified atom stereocenters. The van der Waals surface area contributed by atoms with Crippen molar-refractivity contribution >= 4 is 11.8 Å². The van der Waals surface area contributed by atoms with Crippen LogP contribution in [0.1, 0.15) is 51.5 Å². The van der Waals surface area contributed by atoms with Crippen molar-refractivity contribution in [3.05, 3.63) is 47.7 Å². The summed E-state index contributed by atoms with van der Waals surface area (Å²) in [5, 5.41) is 0. The van der Waals surface area contributed by atoms with Crippen LogP contribution in [-0.2, 0) is 14.3 Å². The highest BCUT2D eigenvalue weighted by molar-refractivity contribution is 5.97. The van der Waals surface area contributed by atoms with Gasteiger partial charge in [0.25, 0.3) is 0 Å². The molecular weight excluding hydrogens is 264 g/mol. The Balaban J connectivity index is 2.23. The monoisotopic (exact) mass is 286 g/mol. The van der Waals surface area contributed by atoms with E-state index in [2.05, 4.69) is 0 Å². The molecule has 1 aromatic rings. The Labute approximate surface area is 126 Å². The summed E-state index contributed by atoms with van der Waals surface area (Å²) >= 11 is 0. The topological polar surface area (TPSA) is 43.4 Å². The molecule has 0 fully saturated rings. The highest BCUT2D eigenvalue weighted by Gasteiger charge is 2.40. The second-order valence-electron chi connectivity index (χ2n) is 6.25. The van der Waals surface area contributed by atoms with Gasteiger partial charge in [-0.25, -0.2) is 0 Å². The molecule has 0 N–H and O–H groups in total. The highest BCUT2D eigenvalue weighted by atomic mass is 16.5. The molecule has 0 radical (unpaired) electrons. The number of hydrogen-bond acceptors (Lipinski definition) is 3. The van der Waals surface area contributed by atoms with E-state index in [9.17, 15) is 9.59 Å². The minimum atomic E-state index is -0.269. The summed E-state index contributed by atoms with van der Waals surface area (Å²) in [5.74, 6) is 0.0604. The van der Waals surface area contributed by atoms with Crippen molar-refractivity contribution in [3.8, 4) is 0 Å². The van der Waals surface area contributed by atoms with Crippen molar-refractivity contribution in [2.45, 2.75) is 46.0 Å². The average molecular weight is 286 g/mol. The van der Waals surface area contributed by atoms with Crippen LogP contribution in [0.25, 0.3) is 0 Å². The molecule has 112 valence electrons. The van der Waals surface area contributed by atoms with Crippen LogP contribution in [0.4, 0.5) is 0 Å². The normalized spacial score (nSPS) is 20.8. The molecule has 21 heavy (non-hydrogen) atoms. The summed E-state index contributed by atoms with van der Waals surface area (Å²) in [7, 11) is 0. The van der Waals surface area contributed by atoms with Gasteiger partial charge >= 0.3 is 5.97 Å². The van der Waals surface area contributed by atoms with Crippen molar-refractivity contribution in [2.75, 3.05) is 0 Å². The van der Waals surface area contributed by atoms with E-state index in [1.54, 1.807) is 0 Å². The Morgan fingerprint density at radius 2 is 1.95 bits per heavy atom. The van der Waals surface area contributed by atoms with E-state index in [-0.39, 0.29) is 23.1 Å². The Morgan fingerprint density at radius 1 is 1.29 bits per heavy atom. The predicted molar refractivity (Wildman–Crippen MR) is 81.7 cm³/mol. The number of esters is 1. The van der Waals surface area contributed by atoms with Crippen LogP contribution in [0, 0.1) is 5.41 Å².